The average Bonchev–Trinajstić information content (AvgIpc) is 2.92. The Balaban J connectivity index is 1.57. The fourth-order valence-corrected chi connectivity index (χ4v) is 12.0. The summed E-state index contributed by atoms with van der Waals surface area (Å²) in [4.78, 5) is 37.0. The molecule has 0 heterocycles. The van der Waals surface area contributed by atoms with Gasteiger partial charge in [-0.1, -0.05) is 68.2 Å². The van der Waals surface area contributed by atoms with Gasteiger partial charge >= 0.3 is 11.9 Å². The number of carboxylic acid groups (broad SMARTS) is 1. The Labute approximate surface area is 263 Å². The van der Waals surface area contributed by atoms with Gasteiger partial charge in [0.2, 0.25) is 0 Å². The van der Waals surface area contributed by atoms with E-state index >= 15 is 0 Å². The first-order valence-corrected chi connectivity index (χ1v) is 17.8. The zero-order valence-electron chi connectivity index (χ0n) is 29.3. The van der Waals surface area contributed by atoms with Crippen LogP contribution in [0.25, 0.3) is 0 Å². The lowest BCUT2D eigenvalue weighted by atomic mass is 9.32. The van der Waals surface area contributed by atoms with E-state index in [0.29, 0.717) is 35.5 Å². The third kappa shape index (κ3) is 5.64. The molecule has 4 fully saturated rings. The van der Waals surface area contributed by atoms with Crippen LogP contribution in [-0.2, 0) is 19.1 Å². The molecule has 5 unspecified atom stereocenters. The van der Waals surface area contributed by atoms with E-state index in [4.69, 9.17) is 4.74 Å². The summed E-state index contributed by atoms with van der Waals surface area (Å²) in [5, 5.41) is 9.47. The lowest BCUT2D eigenvalue weighted by molar-refractivity contribution is -0.246. The number of hydrogen-bond acceptors (Lipinski definition) is 4. The monoisotopic (exact) mass is 600 g/mol. The maximum absolute atomic E-state index is 13.0. The Hall–Kier alpha value is -1.39. The maximum Gasteiger partial charge on any atom is 0.309 e. The number of carboxylic acids is 1. The Morgan fingerprint density at radius 2 is 1.58 bits per heavy atom. The first-order chi connectivity index (χ1) is 19.9. The highest BCUT2D eigenvalue weighted by Crippen LogP contribution is 2.75. The minimum absolute atomic E-state index is 0.129. The Morgan fingerprint density at radius 1 is 0.930 bits per heavy atom. The van der Waals surface area contributed by atoms with Crippen LogP contribution >= 0.6 is 0 Å². The Morgan fingerprint density at radius 3 is 2.16 bits per heavy atom. The molecule has 0 aromatic heterocycles. The van der Waals surface area contributed by atoms with E-state index in [9.17, 15) is 19.5 Å². The van der Waals surface area contributed by atoms with Crippen LogP contribution in [0.2, 0.25) is 0 Å². The second-order valence-electron chi connectivity index (χ2n) is 17.8. The molecule has 5 nitrogen and oxygen atoms in total. The molecule has 0 radical (unpaired) electrons. The molecule has 43 heavy (non-hydrogen) atoms. The van der Waals surface area contributed by atoms with E-state index in [1.165, 1.54) is 44.8 Å². The van der Waals surface area contributed by atoms with Crippen molar-refractivity contribution in [3.05, 3.63) is 0 Å². The van der Waals surface area contributed by atoms with E-state index in [1.807, 2.05) is 0 Å². The van der Waals surface area contributed by atoms with E-state index in [1.54, 1.807) is 13.8 Å². The molecule has 0 aromatic rings. The number of aliphatic carboxylic acids is 1. The van der Waals surface area contributed by atoms with Gasteiger partial charge in [0, 0.05) is 17.8 Å². The van der Waals surface area contributed by atoms with Gasteiger partial charge in [0.15, 0.2) is 0 Å². The molecule has 1 N–H and O–H groups in total. The molecular formula is C38H64O5. The summed E-state index contributed by atoms with van der Waals surface area (Å²) in [6, 6.07) is 0. The number of carbonyl (C=O) groups excluding carboxylic acids is 2. The van der Waals surface area contributed by atoms with Crippen LogP contribution < -0.4 is 0 Å². The second kappa shape index (κ2) is 12.1. The lowest BCUT2D eigenvalue weighted by Crippen LogP contribution is -2.66. The number of ether oxygens (including phenoxy) is 1. The van der Waals surface area contributed by atoms with Crippen molar-refractivity contribution >= 4 is 18.2 Å². The van der Waals surface area contributed by atoms with Gasteiger partial charge in [-0.15, -0.1) is 0 Å². The lowest BCUT2D eigenvalue weighted by Gasteiger charge is -2.72. The van der Waals surface area contributed by atoms with Gasteiger partial charge in [-0.3, -0.25) is 9.59 Å². The van der Waals surface area contributed by atoms with Gasteiger partial charge in [0.05, 0.1) is 5.41 Å². The fraction of sp³-hybridized carbons (Fsp3) is 0.921. The predicted molar refractivity (Wildman–Crippen MR) is 172 cm³/mol. The molecule has 0 aliphatic heterocycles. The molecule has 5 heteroatoms. The molecule has 10 atom stereocenters. The quantitative estimate of drug-likeness (QED) is 0.200. The maximum atomic E-state index is 13.0. The molecule has 4 rings (SSSR count). The second-order valence-corrected chi connectivity index (χ2v) is 17.8. The third-order valence-corrected chi connectivity index (χ3v) is 14.8. The largest absolute Gasteiger partial charge is 0.481 e. The molecule has 0 amide bonds. The first-order valence-electron chi connectivity index (χ1n) is 17.8. The van der Waals surface area contributed by atoms with E-state index in [-0.39, 0.29) is 52.5 Å². The molecule has 0 saturated heterocycles. The minimum Gasteiger partial charge on any atom is -0.481 e. The summed E-state index contributed by atoms with van der Waals surface area (Å²) in [6.45, 7) is 22.9. The zero-order chi connectivity index (χ0) is 32.2. The summed E-state index contributed by atoms with van der Waals surface area (Å²) < 4.78 is 6.19. The van der Waals surface area contributed by atoms with Crippen LogP contribution in [-0.4, -0.2) is 29.4 Å². The zero-order valence-corrected chi connectivity index (χ0v) is 29.3. The topological polar surface area (TPSA) is 80.7 Å². The van der Waals surface area contributed by atoms with E-state index < -0.39 is 11.4 Å². The summed E-state index contributed by atoms with van der Waals surface area (Å²) in [6.07, 6.45) is 13.0. The van der Waals surface area contributed by atoms with Crippen molar-refractivity contribution in [2.45, 2.75) is 152 Å². The van der Waals surface area contributed by atoms with Crippen LogP contribution in [0.5, 0.6) is 0 Å². The minimum atomic E-state index is -0.932. The van der Waals surface area contributed by atoms with E-state index in [2.05, 4.69) is 55.4 Å². The number of hydrogen-bond donors (Lipinski definition) is 1. The number of aldehydes is 1. The number of carbonyl (C=O) groups is 3. The highest BCUT2D eigenvalue weighted by atomic mass is 16.5. The number of fused-ring (bicyclic) bond motifs is 5. The molecule has 4 aliphatic rings. The van der Waals surface area contributed by atoms with Crippen LogP contribution in [0.3, 0.4) is 0 Å². The summed E-state index contributed by atoms with van der Waals surface area (Å²) >= 11 is 0. The summed E-state index contributed by atoms with van der Waals surface area (Å²) in [5.74, 6) is 2.50. The van der Waals surface area contributed by atoms with Crippen molar-refractivity contribution in [3.8, 4) is 0 Å². The molecular weight excluding hydrogens is 536 g/mol. The predicted octanol–water partition coefficient (Wildman–Crippen LogP) is 9.36. The highest BCUT2D eigenvalue weighted by molar-refractivity contribution is 5.75. The molecule has 0 aromatic carbocycles. The normalized spacial score (nSPS) is 41.4. The van der Waals surface area contributed by atoms with Crippen molar-refractivity contribution in [2.24, 2.45) is 68.5 Å². The first kappa shape index (κ1) is 34.5. The van der Waals surface area contributed by atoms with Crippen molar-refractivity contribution in [1.82, 2.24) is 0 Å². The Kier molecular flexibility index (Phi) is 9.69. The molecule has 0 spiro atoms. The van der Waals surface area contributed by atoms with Gasteiger partial charge in [0.1, 0.15) is 12.4 Å². The smallest absolute Gasteiger partial charge is 0.309 e. The number of esters is 1. The molecule has 4 aliphatic carbocycles. The third-order valence-electron chi connectivity index (χ3n) is 14.8. The Bertz CT molecular complexity index is 1040. The van der Waals surface area contributed by atoms with Gasteiger partial charge in [-0.2, -0.15) is 0 Å². The van der Waals surface area contributed by atoms with Crippen LogP contribution in [0.15, 0.2) is 0 Å². The van der Waals surface area contributed by atoms with Crippen LogP contribution in [0, 0.1) is 68.5 Å². The van der Waals surface area contributed by atoms with E-state index in [0.717, 1.165) is 25.7 Å². The van der Waals surface area contributed by atoms with Crippen LogP contribution in [0.1, 0.15) is 146 Å². The SMILES string of the molecule is CCCC(C(C)C)C1C2CCC3[C@@]4(C)CC[C@H](OC(=O)CCC(C)(C)C(=O)O)C(C)(C)C4CC[C@@]3(C)[C@]2(C)CC[C@@H]1C=O. The van der Waals surface area contributed by atoms with Crippen LogP contribution in [0.4, 0.5) is 0 Å². The van der Waals surface area contributed by atoms with Gasteiger partial charge in [0.25, 0.3) is 0 Å². The average molecular weight is 601 g/mol. The molecule has 0 bridgehead atoms. The standard InChI is InChI=1S/C38H64O5/c1-11-12-26(24(2)3)32-25(23-39)15-21-37(9)27(32)13-14-29-36(8)20-17-30(35(6,7)28(36)16-22-38(29,37)10)43-31(40)18-19-34(4,5)33(41)42/h23-30,32H,11-22H2,1-10H3,(H,41,42)/t25-,26?,27?,28?,29?,30+,32?,36+,37-,38-/m1/s1. The van der Waals surface area contributed by atoms with Crippen molar-refractivity contribution in [2.75, 3.05) is 0 Å². The van der Waals surface area contributed by atoms with Gasteiger partial charge in [-0.25, -0.2) is 0 Å². The summed E-state index contributed by atoms with van der Waals surface area (Å²) in [7, 11) is 0. The number of rotatable bonds is 10. The highest BCUT2D eigenvalue weighted by Gasteiger charge is 2.69. The summed E-state index contributed by atoms with van der Waals surface area (Å²) in [5.41, 5.74) is -0.400. The fourth-order valence-electron chi connectivity index (χ4n) is 12.0. The molecule has 246 valence electrons. The van der Waals surface area contributed by atoms with Crippen molar-refractivity contribution in [1.29, 1.82) is 0 Å². The van der Waals surface area contributed by atoms with Gasteiger partial charge in [-0.05, 0) is 123 Å². The van der Waals surface area contributed by atoms with Crippen molar-refractivity contribution in [3.63, 3.8) is 0 Å². The van der Waals surface area contributed by atoms with Crippen molar-refractivity contribution < 1.29 is 24.2 Å². The molecule has 4 saturated carbocycles. The van der Waals surface area contributed by atoms with Gasteiger partial charge < -0.3 is 14.6 Å².